The molecule has 0 unspecified atom stereocenters. The molecule has 2 aromatic rings. The zero-order chi connectivity index (χ0) is 16.8. The predicted octanol–water partition coefficient (Wildman–Crippen LogP) is 2.14. The number of ether oxygens (including phenoxy) is 1. The fourth-order valence-electron chi connectivity index (χ4n) is 2.31. The Morgan fingerprint density at radius 3 is 2.61 bits per heavy atom. The first-order valence-electron chi connectivity index (χ1n) is 7.46. The van der Waals surface area contributed by atoms with Crippen LogP contribution >= 0.6 is 11.5 Å². The lowest BCUT2D eigenvalue weighted by Gasteiger charge is -2.25. The van der Waals surface area contributed by atoms with Crippen molar-refractivity contribution in [1.82, 2.24) is 19.8 Å². The van der Waals surface area contributed by atoms with Gasteiger partial charge in [-0.25, -0.2) is 0 Å². The Labute approximate surface area is 140 Å². The van der Waals surface area contributed by atoms with E-state index in [1.807, 2.05) is 45.3 Å². The second kappa shape index (κ2) is 8.03. The molecule has 2 rings (SSSR count). The van der Waals surface area contributed by atoms with E-state index in [1.165, 1.54) is 0 Å². The number of benzene rings is 1. The van der Waals surface area contributed by atoms with Crippen molar-refractivity contribution in [3.05, 3.63) is 40.4 Å². The van der Waals surface area contributed by atoms with Crippen LogP contribution in [0.4, 0.5) is 0 Å². The van der Waals surface area contributed by atoms with Crippen LogP contribution in [0.1, 0.15) is 33.9 Å². The minimum Gasteiger partial charge on any atom is -0.497 e. The van der Waals surface area contributed by atoms with Crippen molar-refractivity contribution in [3.8, 4) is 5.75 Å². The van der Waals surface area contributed by atoms with Crippen LogP contribution in [0.5, 0.6) is 5.75 Å². The Kier molecular flexibility index (Phi) is 6.06. The van der Waals surface area contributed by atoms with Crippen molar-refractivity contribution in [1.29, 1.82) is 0 Å². The summed E-state index contributed by atoms with van der Waals surface area (Å²) < 4.78 is 9.05. The highest BCUT2D eigenvalue weighted by atomic mass is 32.1. The predicted molar refractivity (Wildman–Crippen MR) is 91.0 cm³/mol. The van der Waals surface area contributed by atoms with E-state index in [4.69, 9.17) is 4.74 Å². The highest BCUT2D eigenvalue weighted by Crippen LogP contribution is 2.21. The van der Waals surface area contributed by atoms with Gasteiger partial charge in [-0.05, 0) is 49.7 Å². The second-order valence-electron chi connectivity index (χ2n) is 5.36. The van der Waals surface area contributed by atoms with Gasteiger partial charge >= 0.3 is 0 Å². The minimum absolute atomic E-state index is 0.0795. The molecule has 7 heteroatoms. The van der Waals surface area contributed by atoms with Crippen molar-refractivity contribution in [2.24, 2.45) is 0 Å². The quantitative estimate of drug-likeness (QED) is 0.840. The molecule has 0 fully saturated rings. The fourth-order valence-corrected chi connectivity index (χ4v) is 2.97. The molecule has 0 aliphatic carbocycles. The van der Waals surface area contributed by atoms with Gasteiger partial charge in [0.05, 0.1) is 18.8 Å². The lowest BCUT2D eigenvalue weighted by molar-refractivity contribution is 0.0945. The number of methoxy groups -OCH3 is 1. The summed E-state index contributed by atoms with van der Waals surface area (Å²) in [6, 6.07) is 7.96. The SMILES string of the molecule is CCc1nnsc1C(=O)NC[C@H](c1ccc(OC)cc1)N(C)C. The monoisotopic (exact) mass is 334 g/mol. The Morgan fingerprint density at radius 1 is 1.35 bits per heavy atom. The van der Waals surface area contributed by atoms with Gasteiger partial charge in [0.15, 0.2) is 0 Å². The molecule has 0 spiro atoms. The van der Waals surface area contributed by atoms with Crippen LogP contribution in [0.2, 0.25) is 0 Å². The molecule has 0 bridgehead atoms. The molecule has 1 aromatic heterocycles. The molecule has 1 atom stereocenters. The Morgan fingerprint density at radius 2 is 2.04 bits per heavy atom. The molecule has 0 aliphatic rings. The molecular weight excluding hydrogens is 312 g/mol. The fraction of sp³-hybridized carbons (Fsp3) is 0.438. The van der Waals surface area contributed by atoms with Gasteiger partial charge in [-0.3, -0.25) is 4.79 Å². The van der Waals surface area contributed by atoms with Gasteiger partial charge in [0.2, 0.25) is 0 Å². The third-order valence-corrected chi connectivity index (χ3v) is 4.44. The molecule has 23 heavy (non-hydrogen) atoms. The van der Waals surface area contributed by atoms with E-state index in [-0.39, 0.29) is 11.9 Å². The van der Waals surface area contributed by atoms with Gasteiger partial charge in [-0.1, -0.05) is 23.5 Å². The van der Waals surface area contributed by atoms with E-state index in [1.54, 1.807) is 7.11 Å². The summed E-state index contributed by atoms with van der Waals surface area (Å²) in [5.41, 5.74) is 1.87. The second-order valence-corrected chi connectivity index (χ2v) is 6.12. The van der Waals surface area contributed by atoms with E-state index in [0.717, 1.165) is 28.5 Å². The van der Waals surface area contributed by atoms with E-state index in [9.17, 15) is 4.79 Å². The highest BCUT2D eigenvalue weighted by molar-refractivity contribution is 7.08. The van der Waals surface area contributed by atoms with Crippen LogP contribution in [0, 0.1) is 0 Å². The number of likely N-dealkylation sites (N-methyl/N-ethyl adjacent to an activating group) is 1. The zero-order valence-electron chi connectivity index (χ0n) is 13.9. The zero-order valence-corrected chi connectivity index (χ0v) is 14.7. The number of hydrogen-bond acceptors (Lipinski definition) is 6. The molecule has 1 aromatic carbocycles. The van der Waals surface area contributed by atoms with Crippen LogP contribution in [0.3, 0.4) is 0 Å². The number of hydrogen-bond donors (Lipinski definition) is 1. The van der Waals surface area contributed by atoms with E-state index in [2.05, 4.69) is 19.8 Å². The third-order valence-electron chi connectivity index (χ3n) is 3.68. The smallest absolute Gasteiger partial charge is 0.265 e. The molecule has 0 aliphatic heterocycles. The van der Waals surface area contributed by atoms with E-state index < -0.39 is 0 Å². The van der Waals surface area contributed by atoms with Gasteiger partial charge in [0, 0.05) is 6.54 Å². The maximum atomic E-state index is 12.3. The lowest BCUT2D eigenvalue weighted by Crippen LogP contribution is -2.34. The first-order chi connectivity index (χ1) is 11.1. The van der Waals surface area contributed by atoms with Gasteiger partial charge in [-0.2, -0.15) is 0 Å². The Balaban J connectivity index is 2.06. The summed E-state index contributed by atoms with van der Waals surface area (Å²) in [6.07, 6.45) is 0.703. The van der Waals surface area contributed by atoms with Gasteiger partial charge in [0.25, 0.3) is 5.91 Å². The number of aromatic nitrogens is 2. The molecular formula is C16H22N4O2S. The first-order valence-corrected chi connectivity index (χ1v) is 8.24. The molecule has 0 saturated heterocycles. The van der Waals surface area contributed by atoms with Crippen LogP contribution in [0.15, 0.2) is 24.3 Å². The molecule has 6 nitrogen and oxygen atoms in total. The van der Waals surface area contributed by atoms with Crippen molar-refractivity contribution in [3.63, 3.8) is 0 Å². The molecule has 1 heterocycles. The molecule has 124 valence electrons. The first kappa shape index (κ1) is 17.4. The van der Waals surface area contributed by atoms with E-state index in [0.29, 0.717) is 17.8 Å². The van der Waals surface area contributed by atoms with Crippen molar-refractivity contribution in [2.75, 3.05) is 27.7 Å². The van der Waals surface area contributed by atoms with Gasteiger partial charge in [0.1, 0.15) is 10.6 Å². The summed E-state index contributed by atoms with van der Waals surface area (Å²) in [5.74, 6) is 0.704. The lowest BCUT2D eigenvalue weighted by atomic mass is 10.1. The highest BCUT2D eigenvalue weighted by Gasteiger charge is 2.19. The summed E-state index contributed by atoms with van der Waals surface area (Å²) >= 11 is 1.14. The maximum absolute atomic E-state index is 12.3. The third kappa shape index (κ3) is 4.27. The van der Waals surface area contributed by atoms with Gasteiger partial charge < -0.3 is 15.0 Å². The van der Waals surface area contributed by atoms with Crippen molar-refractivity contribution < 1.29 is 9.53 Å². The standard InChI is InChI=1S/C16H22N4O2S/c1-5-13-15(23-19-18-13)16(21)17-10-14(20(2)3)11-6-8-12(22-4)9-7-11/h6-9,14H,5,10H2,1-4H3,(H,17,21)/t14-/m1/s1. The average molecular weight is 334 g/mol. The summed E-state index contributed by atoms with van der Waals surface area (Å²) in [7, 11) is 5.63. The number of nitrogens with zero attached hydrogens (tertiary/aromatic N) is 3. The topological polar surface area (TPSA) is 67.3 Å². The summed E-state index contributed by atoms with van der Waals surface area (Å²) in [4.78, 5) is 15.0. The molecule has 1 amide bonds. The molecule has 1 N–H and O–H groups in total. The average Bonchev–Trinajstić information content (AvgIpc) is 3.04. The van der Waals surface area contributed by atoms with Crippen molar-refractivity contribution >= 4 is 17.4 Å². The van der Waals surface area contributed by atoms with Crippen LogP contribution < -0.4 is 10.1 Å². The van der Waals surface area contributed by atoms with E-state index >= 15 is 0 Å². The number of carbonyl (C=O) groups excluding carboxylic acids is 1. The molecule has 0 radical (unpaired) electrons. The number of rotatable bonds is 7. The van der Waals surface area contributed by atoms with Crippen LogP contribution in [-0.4, -0.2) is 48.1 Å². The maximum Gasteiger partial charge on any atom is 0.265 e. The van der Waals surface area contributed by atoms with Crippen LogP contribution in [-0.2, 0) is 6.42 Å². The number of nitrogens with one attached hydrogen (secondary N) is 1. The normalized spacial score (nSPS) is 12.2. The Bertz CT molecular complexity index is 640. The summed E-state index contributed by atoms with van der Waals surface area (Å²) in [6.45, 7) is 2.48. The van der Waals surface area contributed by atoms with Gasteiger partial charge in [-0.15, -0.1) is 5.10 Å². The number of carbonyl (C=O) groups is 1. The minimum atomic E-state index is -0.114. The largest absolute Gasteiger partial charge is 0.497 e. The summed E-state index contributed by atoms with van der Waals surface area (Å²) in [5, 5.41) is 6.97. The van der Waals surface area contributed by atoms with Crippen LogP contribution in [0.25, 0.3) is 0 Å². The number of aryl methyl sites for hydroxylation is 1. The Hall–Kier alpha value is -1.99. The molecule has 0 saturated carbocycles. The van der Waals surface area contributed by atoms with Crippen molar-refractivity contribution in [2.45, 2.75) is 19.4 Å². The number of amides is 1.